The highest BCUT2D eigenvalue weighted by Crippen LogP contribution is 2.31. The molecule has 6 rings (SSSR count). The normalized spacial score (nSPS) is 20.4. The summed E-state index contributed by atoms with van der Waals surface area (Å²) in [5.74, 6) is 0.405. The molecule has 2 fully saturated rings. The minimum Gasteiger partial charge on any atom is -0.381 e. The number of piperazine rings is 1. The Kier molecular flexibility index (Phi) is 7.69. The first-order valence-corrected chi connectivity index (χ1v) is 14.3. The number of hydrogen-bond donors (Lipinski definition) is 0. The minimum atomic E-state index is 0.0990. The fraction of sp³-hybridized carbons (Fsp3) is 0.375. The fourth-order valence-corrected chi connectivity index (χ4v) is 6.19. The number of nitrogens with zero attached hydrogens (tertiary/aromatic N) is 4. The number of rotatable bonds is 6. The van der Waals surface area contributed by atoms with Gasteiger partial charge < -0.3 is 14.0 Å². The SMILES string of the molecule is CO[C@H]1CCC[C@H](C(=O)N2CCN(Cc3c(-c4ccc(Cl)cc4)nc4ccc(-c5ccccc5)cn34)CC2)C1. The Balaban J connectivity index is 1.24. The van der Waals surface area contributed by atoms with E-state index in [2.05, 4.69) is 56.8 Å². The zero-order valence-electron chi connectivity index (χ0n) is 22.4. The summed E-state index contributed by atoms with van der Waals surface area (Å²) in [4.78, 5) is 22.8. The molecule has 0 N–H and O–H groups in total. The van der Waals surface area contributed by atoms with Gasteiger partial charge in [-0.1, -0.05) is 60.5 Å². The van der Waals surface area contributed by atoms with Crippen LogP contribution in [0.5, 0.6) is 0 Å². The third-order valence-corrected chi connectivity index (χ3v) is 8.56. The van der Waals surface area contributed by atoms with E-state index in [0.29, 0.717) is 10.9 Å². The largest absolute Gasteiger partial charge is 0.381 e. The van der Waals surface area contributed by atoms with Gasteiger partial charge in [0.25, 0.3) is 0 Å². The van der Waals surface area contributed by atoms with Crippen LogP contribution in [0.1, 0.15) is 31.4 Å². The van der Waals surface area contributed by atoms with Crippen LogP contribution in [-0.4, -0.2) is 64.5 Å². The lowest BCUT2D eigenvalue weighted by atomic mass is 9.86. The quantitative estimate of drug-likeness (QED) is 0.292. The van der Waals surface area contributed by atoms with Gasteiger partial charge in [-0.2, -0.15) is 0 Å². The van der Waals surface area contributed by atoms with Crippen molar-refractivity contribution in [3.63, 3.8) is 0 Å². The Morgan fingerprint density at radius 2 is 1.67 bits per heavy atom. The van der Waals surface area contributed by atoms with Gasteiger partial charge in [-0.25, -0.2) is 4.98 Å². The van der Waals surface area contributed by atoms with Gasteiger partial charge >= 0.3 is 0 Å². The predicted octanol–water partition coefficient (Wildman–Crippen LogP) is 6.17. The topological polar surface area (TPSA) is 50.1 Å². The second kappa shape index (κ2) is 11.5. The molecular formula is C32H35ClN4O2. The first-order chi connectivity index (χ1) is 19.1. The van der Waals surface area contributed by atoms with Crippen LogP contribution in [0, 0.1) is 5.92 Å². The van der Waals surface area contributed by atoms with Crippen LogP contribution in [0.2, 0.25) is 5.02 Å². The van der Waals surface area contributed by atoms with Gasteiger partial charge in [-0.15, -0.1) is 0 Å². The highest BCUT2D eigenvalue weighted by molar-refractivity contribution is 6.30. The second-order valence-corrected chi connectivity index (χ2v) is 11.2. The number of ether oxygens (including phenoxy) is 1. The Morgan fingerprint density at radius 1 is 0.923 bits per heavy atom. The molecule has 1 amide bonds. The van der Waals surface area contributed by atoms with Crippen LogP contribution >= 0.6 is 11.6 Å². The second-order valence-electron chi connectivity index (χ2n) is 10.7. The highest BCUT2D eigenvalue weighted by atomic mass is 35.5. The Labute approximate surface area is 235 Å². The van der Waals surface area contributed by atoms with Gasteiger partial charge in [0.05, 0.1) is 17.5 Å². The number of carbonyl (C=O) groups is 1. The summed E-state index contributed by atoms with van der Waals surface area (Å²) in [7, 11) is 1.76. The molecule has 1 saturated carbocycles. The number of imidazole rings is 1. The fourth-order valence-electron chi connectivity index (χ4n) is 6.06. The molecule has 0 unspecified atom stereocenters. The molecule has 4 aromatic rings. The van der Waals surface area contributed by atoms with Crippen molar-refractivity contribution in [3.8, 4) is 22.4 Å². The number of pyridine rings is 1. The van der Waals surface area contributed by atoms with Crippen LogP contribution in [0.4, 0.5) is 0 Å². The van der Waals surface area contributed by atoms with Crippen LogP contribution in [-0.2, 0) is 16.1 Å². The van der Waals surface area contributed by atoms with Crippen molar-refractivity contribution >= 4 is 23.2 Å². The van der Waals surface area contributed by atoms with Crippen molar-refractivity contribution in [2.45, 2.75) is 38.3 Å². The highest BCUT2D eigenvalue weighted by Gasteiger charge is 2.32. The number of benzene rings is 2. The summed E-state index contributed by atoms with van der Waals surface area (Å²) in [6.45, 7) is 3.97. The van der Waals surface area contributed by atoms with Crippen molar-refractivity contribution in [3.05, 3.63) is 83.6 Å². The number of carbonyl (C=O) groups excluding carboxylic acids is 1. The lowest BCUT2D eigenvalue weighted by molar-refractivity contribution is -0.140. The van der Waals surface area contributed by atoms with E-state index < -0.39 is 0 Å². The van der Waals surface area contributed by atoms with Crippen LogP contribution in [0.3, 0.4) is 0 Å². The summed E-state index contributed by atoms with van der Waals surface area (Å²) in [5.41, 5.74) is 6.44. The van der Waals surface area contributed by atoms with E-state index >= 15 is 0 Å². The molecule has 2 aromatic heterocycles. The van der Waals surface area contributed by atoms with E-state index in [4.69, 9.17) is 21.3 Å². The van der Waals surface area contributed by atoms with E-state index in [0.717, 1.165) is 86.6 Å². The number of aromatic nitrogens is 2. The van der Waals surface area contributed by atoms with Crippen molar-refractivity contribution in [2.24, 2.45) is 5.92 Å². The molecule has 39 heavy (non-hydrogen) atoms. The summed E-state index contributed by atoms with van der Waals surface area (Å²) in [6, 6.07) is 22.6. The maximum Gasteiger partial charge on any atom is 0.225 e. The standard InChI is InChI=1S/C32H35ClN4O2/c1-39-28-9-5-8-25(20-28)32(38)36-18-16-35(17-19-36)22-29-31(24-10-13-27(33)14-11-24)34-30-15-12-26(21-37(29)30)23-6-3-2-4-7-23/h2-4,6-7,10-15,21,25,28H,5,8-9,16-20,22H2,1H3/t25-,28-/m0/s1. The average Bonchev–Trinajstić information content (AvgIpc) is 3.35. The van der Waals surface area contributed by atoms with Gasteiger partial charge in [0.1, 0.15) is 5.65 Å². The summed E-state index contributed by atoms with van der Waals surface area (Å²) in [5, 5.41) is 0.714. The molecule has 3 heterocycles. The van der Waals surface area contributed by atoms with Gasteiger partial charge in [-0.3, -0.25) is 9.69 Å². The molecule has 0 radical (unpaired) electrons. The van der Waals surface area contributed by atoms with Crippen LogP contribution < -0.4 is 0 Å². The number of amides is 1. The molecule has 1 aliphatic carbocycles. The first-order valence-electron chi connectivity index (χ1n) is 14.0. The van der Waals surface area contributed by atoms with Gasteiger partial charge in [0, 0.05) is 62.5 Å². The van der Waals surface area contributed by atoms with E-state index in [1.54, 1.807) is 7.11 Å². The zero-order valence-corrected chi connectivity index (χ0v) is 23.2. The Morgan fingerprint density at radius 3 is 2.41 bits per heavy atom. The van der Waals surface area contributed by atoms with Gasteiger partial charge in [0.2, 0.25) is 5.91 Å². The summed E-state index contributed by atoms with van der Waals surface area (Å²) in [6.07, 6.45) is 6.38. The lowest BCUT2D eigenvalue weighted by Gasteiger charge is -2.38. The summed E-state index contributed by atoms with van der Waals surface area (Å²) < 4.78 is 7.80. The van der Waals surface area contributed by atoms with Crippen molar-refractivity contribution < 1.29 is 9.53 Å². The van der Waals surface area contributed by atoms with Crippen LogP contribution in [0.25, 0.3) is 28.0 Å². The molecule has 0 bridgehead atoms. The third kappa shape index (κ3) is 5.60. The number of halogens is 1. The molecular weight excluding hydrogens is 508 g/mol. The molecule has 202 valence electrons. The molecule has 1 aliphatic heterocycles. The molecule has 2 aromatic carbocycles. The lowest BCUT2D eigenvalue weighted by Crippen LogP contribution is -2.50. The maximum atomic E-state index is 13.3. The first kappa shape index (κ1) is 26.1. The van der Waals surface area contributed by atoms with E-state index in [9.17, 15) is 4.79 Å². The van der Waals surface area contributed by atoms with Gasteiger partial charge in [0.15, 0.2) is 0 Å². The van der Waals surface area contributed by atoms with E-state index in [1.165, 1.54) is 5.56 Å². The predicted molar refractivity (Wildman–Crippen MR) is 156 cm³/mol. The van der Waals surface area contributed by atoms with Gasteiger partial charge in [-0.05, 0) is 54.7 Å². The molecule has 6 nitrogen and oxygen atoms in total. The number of methoxy groups -OCH3 is 1. The maximum absolute atomic E-state index is 13.3. The monoisotopic (exact) mass is 542 g/mol. The van der Waals surface area contributed by atoms with Crippen molar-refractivity contribution in [2.75, 3.05) is 33.3 Å². The zero-order chi connectivity index (χ0) is 26.8. The molecule has 0 spiro atoms. The molecule has 2 atom stereocenters. The molecule has 2 aliphatic rings. The molecule has 7 heteroatoms. The summed E-state index contributed by atoms with van der Waals surface area (Å²) >= 11 is 6.20. The third-order valence-electron chi connectivity index (χ3n) is 8.31. The minimum absolute atomic E-state index is 0.0990. The van der Waals surface area contributed by atoms with Crippen LogP contribution in [0.15, 0.2) is 72.9 Å². The average molecular weight is 543 g/mol. The van der Waals surface area contributed by atoms with Crippen molar-refractivity contribution in [1.82, 2.24) is 19.2 Å². The smallest absolute Gasteiger partial charge is 0.225 e. The van der Waals surface area contributed by atoms with E-state index in [1.807, 2.05) is 30.3 Å². The number of fused-ring (bicyclic) bond motifs is 1. The van der Waals surface area contributed by atoms with Crippen molar-refractivity contribution in [1.29, 1.82) is 0 Å². The Bertz CT molecular complexity index is 1430. The van der Waals surface area contributed by atoms with E-state index in [-0.39, 0.29) is 12.0 Å². The number of hydrogen-bond acceptors (Lipinski definition) is 4. The Hall–Kier alpha value is -3.19. The molecule has 1 saturated heterocycles.